The Labute approximate surface area is 131 Å². The number of aromatic nitrogens is 2. The Morgan fingerprint density at radius 2 is 1.67 bits per heavy atom. The highest BCUT2D eigenvalue weighted by molar-refractivity contribution is 5.94. The molecule has 1 atom stereocenters. The minimum atomic E-state index is -5.13. The first kappa shape index (κ1) is 17.7. The number of alkyl halides is 6. The summed E-state index contributed by atoms with van der Waals surface area (Å²) in [4.78, 5) is 11.9. The van der Waals surface area contributed by atoms with Crippen LogP contribution in [0.5, 0.6) is 0 Å². The van der Waals surface area contributed by atoms with E-state index in [-0.39, 0.29) is 5.56 Å². The first-order valence-electron chi connectivity index (χ1n) is 6.41. The van der Waals surface area contributed by atoms with Gasteiger partial charge in [0, 0.05) is 0 Å². The van der Waals surface area contributed by atoms with E-state index in [0.29, 0.717) is 12.1 Å². The van der Waals surface area contributed by atoms with Crippen molar-refractivity contribution in [3.63, 3.8) is 0 Å². The molecule has 128 valence electrons. The van der Waals surface area contributed by atoms with Gasteiger partial charge in [0.2, 0.25) is 0 Å². The van der Waals surface area contributed by atoms with Gasteiger partial charge in [-0.1, -0.05) is 18.2 Å². The lowest BCUT2D eigenvalue weighted by Gasteiger charge is -2.25. The van der Waals surface area contributed by atoms with Crippen molar-refractivity contribution in [1.82, 2.24) is 15.5 Å². The molecule has 0 aliphatic rings. The van der Waals surface area contributed by atoms with Crippen molar-refractivity contribution in [2.75, 3.05) is 0 Å². The van der Waals surface area contributed by atoms with Gasteiger partial charge in [-0.2, -0.15) is 36.5 Å². The van der Waals surface area contributed by atoms with E-state index in [1.807, 2.05) is 0 Å². The first-order chi connectivity index (χ1) is 11.1. The minimum absolute atomic E-state index is 0.260. The molecule has 0 unspecified atom stereocenters. The first-order valence-corrected chi connectivity index (χ1v) is 6.41. The molecule has 0 spiro atoms. The SMILES string of the molecule is O=C(N[C@@H](c1ccccc1C(F)(F)F)C(F)(F)F)c1ccnnc1. The van der Waals surface area contributed by atoms with Crippen LogP contribution in [0.1, 0.15) is 27.5 Å². The molecular formula is C14H9F6N3O. The largest absolute Gasteiger partial charge is 0.416 e. The van der Waals surface area contributed by atoms with Crippen LogP contribution in [0.3, 0.4) is 0 Å². The van der Waals surface area contributed by atoms with Gasteiger partial charge in [0.25, 0.3) is 5.91 Å². The number of hydrogen-bond donors (Lipinski definition) is 1. The van der Waals surface area contributed by atoms with Crippen LogP contribution >= 0.6 is 0 Å². The van der Waals surface area contributed by atoms with Gasteiger partial charge in [-0.05, 0) is 17.7 Å². The molecule has 0 saturated carbocycles. The molecule has 0 saturated heterocycles. The summed E-state index contributed by atoms with van der Waals surface area (Å²) in [7, 11) is 0. The molecule has 1 amide bonds. The van der Waals surface area contributed by atoms with Crippen LogP contribution in [-0.2, 0) is 6.18 Å². The Morgan fingerprint density at radius 3 is 2.21 bits per heavy atom. The number of nitrogens with one attached hydrogen (secondary N) is 1. The third kappa shape index (κ3) is 4.00. The summed E-state index contributed by atoms with van der Waals surface area (Å²) in [5.41, 5.74) is -2.82. The third-order valence-corrected chi connectivity index (χ3v) is 3.03. The maximum atomic E-state index is 13.2. The summed E-state index contributed by atoms with van der Waals surface area (Å²) in [5, 5.41) is 8.26. The zero-order chi connectivity index (χ0) is 18.0. The number of rotatable bonds is 3. The van der Waals surface area contributed by atoms with Crippen LogP contribution in [0.4, 0.5) is 26.3 Å². The minimum Gasteiger partial charge on any atom is -0.337 e. The predicted molar refractivity (Wildman–Crippen MR) is 69.7 cm³/mol. The van der Waals surface area contributed by atoms with E-state index in [0.717, 1.165) is 30.6 Å². The number of benzene rings is 1. The number of nitrogens with zero attached hydrogens (tertiary/aromatic N) is 2. The van der Waals surface area contributed by atoms with Crippen LogP contribution in [0.2, 0.25) is 0 Å². The Kier molecular flexibility index (Phi) is 4.76. The van der Waals surface area contributed by atoms with Gasteiger partial charge in [-0.3, -0.25) is 4.79 Å². The van der Waals surface area contributed by atoms with Gasteiger partial charge in [0.05, 0.1) is 23.5 Å². The van der Waals surface area contributed by atoms with Crippen molar-refractivity contribution in [1.29, 1.82) is 0 Å². The average Bonchev–Trinajstić information content (AvgIpc) is 2.51. The molecule has 1 heterocycles. The molecule has 0 bridgehead atoms. The molecule has 0 aliphatic carbocycles. The average molecular weight is 349 g/mol. The number of amides is 1. The summed E-state index contributed by atoms with van der Waals surface area (Å²) in [6.07, 6.45) is -8.15. The van der Waals surface area contributed by atoms with Gasteiger partial charge in [-0.15, -0.1) is 0 Å². The fourth-order valence-electron chi connectivity index (χ4n) is 1.98. The molecule has 0 aliphatic heterocycles. The Hall–Kier alpha value is -2.65. The molecule has 0 radical (unpaired) electrons. The highest BCUT2D eigenvalue weighted by atomic mass is 19.4. The summed E-state index contributed by atoms with van der Waals surface area (Å²) in [5.74, 6) is -1.22. The fourth-order valence-corrected chi connectivity index (χ4v) is 1.98. The molecular weight excluding hydrogens is 340 g/mol. The summed E-state index contributed by atoms with van der Waals surface area (Å²) < 4.78 is 78.6. The van der Waals surface area contributed by atoms with Gasteiger partial charge >= 0.3 is 12.4 Å². The van der Waals surface area contributed by atoms with E-state index in [1.54, 1.807) is 5.32 Å². The van der Waals surface area contributed by atoms with E-state index >= 15 is 0 Å². The maximum absolute atomic E-state index is 13.2. The van der Waals surface area contributed by atoms with E-state index < -0.39 is 35.4 Å². The van der Waals surface area contributed by atoms with Crippen molar-refractivity contribution >= 4 is 5.91 Å². The fraction of sp³-hybridized carbons (Fsp3) is 0.214. The number of halogens is 6. The van der Waals surface area contributed by atoms with Crippen LogP contribution in [0, 0.1) is 0 Å². The monoisotopic (exact) mass is 349 g/mol. The molecule has 1 aromatic carbocycles. The zero-order valence-corrected chi connectivity index (χ0v) is 11.7. The van der Waals surface area contributed by atoms with E-state index in [2.05, 4.69) is 10.2 Å². The van der Waals surface area contributed by atoms with Crippen molar-refractivity contribution in [3.8, 4) is 0 Å². The molecule has 2 aromatic rings. The molecule has 2 rings (SSSR count). The van der Waals surface area contributed by atoms with Gasteiger partial charge in [-0.25, -0.2) is 0 Å². The molecule has 1 N–H and O–H groups in total. The quantitative estimate of drug-likeness (QED) is 0.863. The van der Waals surface area contributed by atoms with E-state index in [4.69, 9.17) is 0 Å². The normalized spacial score (nSPS) is 13.4. The smallest absolute Gasteiger partial charge is 0.337 e. The Bertz CT molecular complexity index is 714. The number of carbonyl (C=O) groups excluding carboxylic acids is 1. The molecule has 1 aromatic heterocycles. The Balaban J connectivity index is 2.43. The van der Waals surface area contributed by atoms with Crippen molar-refractivity contribution in [2.24, 2.45) is 0 Å². The molecule has 10 heteroatoms. The topological polar surface area (TPSA) is 54.9 Å². The highest BCUT2D eigenvalue weighted by Crippen LogP contribution is 2.40. The second kappa shape index (κ2) is 6.46. The lowest BCUT2D eigenvalue weighted by molar-refractivity contribution is -0.160. The standard InChI is InChI=1S/C14H9F6N3O/c15-13(16,17)10-4-2-1-3-9(10)11(14(18,19)20)23-12(24)8-5-6-21-22-7-8/h1-7,11H,(H,23,24)/t11-/m0/s1. The number of hydrogen-bond acceptors (Lipinski definition) is 3. The third-order valence-electron chi connectivity index (χ3n) is 3.03. The Morgan fingerprint density at radius 1 is 1.00 bits per heavy atom. The van der Waals surface area contributed by atoms with Crippen LogP contribution < -0.4 is 5.32 Å². The predicted octanol–water partition coefficient (Wildman–Crippen LogP) is 3.53. The van der Waals surface area contributed by atoms with Crippen molar-refractivity contribution in [3.05, 3.63) is 59.4 Å². The van der Waals surface area contributed by atoms with Gasteiger partial charge < -0.3 is 5.32 Å². The molecule has 24 heavy (non-hydrogen) atoms. The summed E-state index contributed by atoms with van der Waals surface area (Å²) >= 11 is 0. The van der Waals surface area contributed by atoms with Crippen LogP contribution in [0.25, 0.3) is 0 Å². The second-order valence-corrected chi connectivity index (χ2v) is 4.66. The van der Waals surface area contributed by atoms with Gasteiger partial charge in [0.1, 0.15) is 0 Å². The molecule has 4 nitrogen and oxygen atoms in total. The second-order valence-electron chi connectivity index (χ2n) is 4.66. The zero-order valence-electron chi connectivity index (χ0n) is 11.7. The van der Waals surface area contributed by atoms with Gasteiger partial charge in [0.15, 0.2) is 6.04 Å². The van der Waals surface area contributed by atoms with Crippen molar-refractivity contribution in [2.45, 2.75) is 18.4 Å². The summed E-state index contributed by atoms with van der Waals surface area (Å²) in [6.45, 7) is 0. The summed E-state index contributed by atoms with van der Waals surface area (Å²) in [6, 6.07) is 1.46. The van der Waals surface area contributed by atoms with Crippen LogP contribution in [0.15, 0.2) is 42.7 Å². The van der Waals surface area contributed by atoms with E-state index in [9.17, 15) is 31.1 Å². The lowest BCUT2D eigenvalue weighted by Crippen LogP contribution is -2.39. The lowest BCUT2D eigenvalue weighted by atomic mass is 9.99. The van der Waals surface area contributed by atoms with Crippen molar-refractivity contribution < 1.29 is 31.1 Å². The highest BCUT2D eigenvalue weighted by Gasteiger charge is 2.46. The maximum Gasteiger partial charge on any atom is 0.416 e. The molecule has 0 fully saturated rings. The van der Waals surface area contributed by atoms with Crippen LogP contribution in [-0.4, -0.2) is 22.3 Å². The van der Waals surface area contributed by atoms with E-state index in [1.165, 1.54) is 0 Å². The number of carbonyl (C=O) groups is 1.